The first-order valence-corrected chi connectivity index (χ1v) is 1.00. The van der Waals surface area contributed by atoms with E-state index < -0.39 is 13.3 Å². The summed E-state index contributed by atoms with van der Waals surface area (Å²) in [6.45, 7) is -4.85. The van der Waals surface area contributed by atoms with Crippen LogP contribution in [0.2, 0.25) is 0 Å². The van der Waals surface area contributed by atoms with Gasteiger partial charge in [-0.15, -0.1) is 0 Å². The molecule has 0 spiro atoms. The van der Waals surface area contributed by atoms with Crippen molar-refractivity contribution in [3.8, 4) is 0 Å². The van der Waals surface area contributed by atoms with E-state index in [1.807, 2.05) is 0 Å². The summed E-state index contributed by atoms with van der Waals surface area (Å²) >= 11 is 0. The normalized spacial score (nSPS) is 32.8. The summed E-state index contributed by atoms with van der Waals surface area (Å²) in [5, 5.41) is 2.05. The van der Waals surface area contributed by atoms with Gasteiger partial charge in [0.15, 0.2) is 0 Å². The van der Waals surface area contributed by atoms with Crippen molar-refractivity contribution < 1.29 is 6.85 Å². The molecule has 0 bridgehead atoms. The van der Waals surface area contributed by atoms with Gasteiger partial charge in [0, 0.05) is 6.85 Å². The predicted octanol–water partition coefficient (Wildman–Crippen LogP) is 0.226. The first-order chi connectivity index (χ1) is 3.81. The van der Waals surface area contributed by atoms with Crippen molar-refractivity contribution >= 4 is 0 Å². The standard InChI is InChI=1S/C3H9N/c1-3-4-2/h4H,3H2,1-2H3/i1D3,3D2. The molecule has 26 valence electrons. The SMILES string of the molecule is [2H]C([2H])([2H])C([2H])([2H])NC. The molecule has 0 aliphatic heterocycles. The van der Waals surface area contributed by atoms with E-state index in [1.165, 1.54) is 7.05 Å². The molecule has 0 unspecified atom stereocenters. The summed E-state index contributed by atoms with van der Waals surface area (Å²) in [5.74, 6) is 0. The third kappa shape index (κ3) is 1.96. The van der Waals surface area contributed by atoms with Gasteiger partial charge in [-0.2, -0.15) is 0 Å². The number of hydrogen-bond donors (Lipinski definition) is 1. The van der Waals surface area contributed by atoms with E-state index in [2.05, 4.69) is 5.32 Å². The topological polar surface area (TPSA) is 12.0 Å². The summed E-state index contributed by atoms with van der Waals surface area (Å²) in [6, 6.07) is 0. The monoisotopic (exact) mass is 64.1 g/mol. The molecule has 0 saturated heterocycles. The Morgan fingerprint density at radius 1 is 2.50 bits per heavy atom. The van der Waals surface area contributed by atoms with E-state index in [1.54, 1.807) is 0 Å². The molecule has 0 aromatic rings. The summed E-state index contributed by atoms with van der Waals surface area (Å²) in [4.78, 5) is 0. The van der Waals surface area contributed by atoms with E-state index in [-0.39, 0.29) is 0 Å². The maximum absolute atomic E-state index is 6.82. The van der Waals surface area contributed by atoms with Crippen molar-refractivity contribution in [1.29, 1.82) is 0 Å². The number of nitrogens with one attached hydrogen (secondary N) is 1. The molecular formula is C3H9N. The van der Waals surface area contributed by atoms with Gasteiger partial charge < -0.3 is 5.32 Å². The van der Waals surface area contributed by atoms with Gasteiger partial charge in [-0.1, -0.05) is 6.85 Å². The molecule has 1 nitrogen and oxygen atoms in total. The molecule has 4 heavy (non-hydrogen) atoms. The summed E-state index contributed by atoms with van der Waals surface area (Å²) in [5.41, 5.74) is 0. The maximum atomic E-state index is 6.82. The van der Waals surface area contributed by atoms with Crippen LogP contribution in [0.25, 0.3) is 0 Å². The Bertz CT molecular complexity index is 94.9. The molecule has 0 fully saturated rings. The molecule has 1 heteroatoms. The Balaban J connectivity index is 4.14. The van der Waals surface area contributed by atoms with Crippen LogP contribution in [-0.2, 0) is 0 Å². The Labute approximate surface area is 34.0 Å². The third-order valence-electron chi connectivity index (χ3n) is 0.125. The lowest BCUT2D eigenvalue weighted by molar-refractivity contribution is 0.864. The molecule has 1 N–H and O–H groups in total. The van der Waals surface area contributed by atoms with Crippen molar-refractivity contribution in [3.63, 3.8) is 0 Å². The predicted molar refractivity (Wildman–Crippen MR) is 19.6 cm³/mol. The number of rotatable bonds is 1. The first-order valence-electron chi connectivity index (χ1n) is 3.50. The second kappa shape index (κ2) is 2.96. The zero-order chi connectivity index (χ0) is 7.71. The minimum absolute atomic E-state index is 1.27. The Morgan fingerprint density at radius 2 is 3.25 bits per heavy atom. The summed E-state index contributed by atoms with van der Waals surface area (Å²) in [6.07, 6.45) is 0. The second-order valence-corrected chi connectivity index (χ2v) is 0.375. The molecule has 0 aliphatic rings. The zero-order valence-electron chi connectivity index (χ0n) is 7.50. The van der Waals surface area contributed by atoms with E-state index in [0.717, 1.165) is 0 Å². The van der Waals surface area contributed by atoms with Gasteiger partial charge in [-0.25, -0.2) is 0 Å². The Kier molecular flexibility index (Phi) is 0.405. The van der Waals surface area contributed by atoms with Crippen LogP contribution in [0.15, 0.2) is 0 Å². The minimum Gasteiger partial charge on any atom is -0.320 e. The van der Waals surface area contributed by atoms with Crippen LogP contribution in [0.4, 0.5) is 0 Å². The van der Waals surface area contributed by atoms with Gasteiger partial charge >= 0.3 is 0 Å². The van der Waals surface area contributed by atoms with Gasteiger partial charge in [-0.05, 0) is 13.5 Å². The highest BCUT2D eigenvalue weighted by molar-refractivity contribution is 4.15. The lowest BCUT2D eigenvalue weighted by Crippen LogP contribution is -2.01. The van der Waals surface area contributed by atoms with Crippen molar-refractivity contribution in [2.24, 2.45) is 0 Å². The Morgan fingerprint density at radius 3 is 3.25 bits per heavy atom. The van der Waals surface area contributed by atoms with Gasteiger partial charge in [0.25, 0.3) is 0 Å². The molecule has 0 heterocycles. The van der Waals surface area contributed by atoms with Crippen LogP contribution >= 0.6 is 0 Å². The number of hydrogen-bond acceptors (Lipinski definition) is 1. The molecule has 0 aromatic heterocycles. The van der Waals surface area contributed by atoms with Crippen LogP contribution in [0.1, 0.15) is 13.7 Å². The molecule has 0 aromatic carbocycles. The molecule has 0 rings (SSSR count). The third-order valence-corrected chi connectivity index (χ3v) is 0.125. The fourth-order valence-corrected chi connectivity index (χ4v) is 0. The lowest BCUT2D eigenvalue weighted by Gasteiger charge is -1.76. The van der Waals surface area contributed by atoms with Crippen LogP contribution in [0, 0.1) is 0 Å². The molecule has 0 aliphatic carbocycles. The average Bonchev–Trinajstić information content (AvgIpc) is 1.64. The summed E-state index contributed by atoms with van der Waals surface area (Å²) in [7, 11) is 1.27. The quantitative estimate of drug-likeness (QED) is 0.460. The highest BCUT2D eigenvalue weighted by Crippen LogP contribution is 1.34. The van der Waals surface area contributed by atoms with Crippen molar-refractivity contribution in [2.75, 3.05) is 13.5 Å². The fourth-order valence-electron chi connectivity index (χ4n) is 0. The average molecular weight is 64.1 g/mol. The van der Waals surface area contributed by atoms with Crippen LogP contribution in [-0.4, -0.2) is 13.5 Å². The Hall–Kier alpha value is -0.0400. The van der Waals surface area contributed by atoms with E-state index in [4.69, 9.17) is 6.85 Å². The molecule has 0 atom stereocenters. The van der Waals surface area contributed by atoms with Crippen molar-refractivity contribution in [1.82, 2.24) is 5.32 Å². The van der Waals surface area contributed by atoms with E-state index in [9.17, 15) is 0 Å². The highest BCUT2D eigenvalue weighted by Gasteiger charge is 1.50. The van der Waals surface area contributed by atoms with Gasteiger partial charge in [0.1, 0.15) is 0 Å². The first kappa shape index (κ1) is 0.548. The van der Waals surface area contributed by atoms with Crippen LogP contribution in [0.3, 0.4) is 0 Å². The van der Waals surface area contributed by atoms with Crippen molar-refractivity contribution in [3.05, 3.63) is 0 Å². The maximum Gasteiger partial charge on any atom is 0.0425 e. The highest BCUT2D eigenvalue weighted by atomic mass is 14.8. The molecular weight excluding hydrogens is 50.0 g/mol. The summed E-state index contributed by atoms with van der Waals surface area (Å²) < 4.78 is 33.5. The lowest BCUT2D eigenvalue weighted by atomic mass is 10.8. The van der Waals surface area contributed by atoms with Gasteiger partial charge in [0.2, 0.25) is 0 Å². The van der Waals surface area contributed by atoms with E-state index >= 15 is 0 Å². The zero-order valence-corrected chi connectivity index (χ0v) is 2.50. The van der Waals surface area contributed by atoms with Crippen LogP contribution in [0.5, 0.6) is 0 Å². The second-order valence-electron chi connectivity index (χ2n) is 0.375. The van der Waals surface area contributed by atoms with E-state index in [0.29, 0.717) is 0 Å². The minimum atomic E-state index is -2.58. The largest absolute Gasteiger partial charge is 0.320 e. The smallest absolute Gasteiger partial charge is 0.0425 e. The molecule has 0 radical (unpaired) electrons. The molecule has 0 amide bonds. The van der Waals surface area contributed by atoms with Crippen LogP contribution < -0.4 is 5.32 Å². The molecule has 0 saturated carbocycles. The fraction of sp³-hybridized carbons (Fsp3) is 1.00. The van der Waals surface area contributed by atoms with Crippen molar-refractivity contribution in [2.45, 2.75) is 6.85 Å². The van der Waals surface area contributed by atoms with Gasteiger partial charge in [0.05, 0.1) is 0 Å². The van der Waals surface area contributed by atoms with Gasteiger partial charge in [-0.3, -0.25) is 0 Å².